The van der Waals surface area contributed by atoms with E-state index in [1.807, 2.05) is 0 Å². The number of hydrogen-bond donors (Lipinski definition) is 3. The first-order valence-corrected chi connectivity index (χ1v) is 9.43. The Morgan fingerprint density at radius 3 is 2.40 bits per heavy atom. The van der Waals surface area contributed by atoms with Gasteiger partial charge in [-0.1, -0.05) is 23.7 Å². The van der Waals surface area contributed by atoms with Crippen molar-refractivity contribution in [3.05, 3.63) is 58.6 Å². The molecule has 2 aromatic rings. The van der Waals surface area contributed by atoms with Crippen LogP contribution in [0.2, 0.25) is 5.02 Å². The van der Waals surface area contributed by atoms with E-state index >= 15 is 0 Å². The normalized spacial score (nSPS) is 11.5. The zero-order valence-electron chi connectivity index (χ0n) is 13.8. The quantitative estimate of drug-likeness (QED) is 0.715. The molecule has 0 saturated heterocycles. The summed E-state index contributed by atoms with van der Waals surface area (Å²) in [6.07, 6.45) is 0. The lowest BCUT2D eigenvalue weighted by molar-refractivity contribution is 0.0948. The first kappa shape index (κ1) is 19.2. The number of amides is 1. The molecular formula is C17H19ClN2O4S. The maximum Gasteiger partial charge on any atom is 0.255 e. The summed E-state index contributed by atoms with van der Waals surface area (Å²) in [4.78, 5) is 12.3. The number of nitrogens with one attached hydrogen (secondary N) is 2. The summed E-state index contributed by atoms with van der Waals surface area (Å²) >= 11 is 5.82. The van der Waals surface area contributed by atoms with Gasteiger partial charge in [-0.05, 0) is 49.7 Å². The van der Waals surface area contributed by atoms with Gasteiger partial charge in [-0.25, -0.2) is 13.1 Å². The van der Waals surface area contributed by atoms with Crippen molar-refractivity contribution in [2.45, 2.75) is 31.3 Å². The number of hydrogen-bond acceptors (Lipinski definition) is 4. The molecule has 0 aliphatic rings. The highest BCUT2D eigenvalue weighted by Crippen LogP contribution is 2.21. The minimum absolute atomic E-state index is 0.0767. The summed E-state index contributed by atoms with van der Waals surface area (Å²) in [5.41, 5.74) is 0.797. The maximum atomic E-state index is 12.1. The van der Waals surface area contributed by atoms with E-state index in [1.165, 1.54) is 30.3 Å². The Kier molecular flexibility index (Phi) is 6.05. The van der Waals surface area contributed by atoms with Crippen molar-refractivity contribution in [1.82, 2.24) is 10.0 Å². The molecule has 0 bridgehead atoms. The molecule has 6 nitrogen and oxygen atoms in total. The lowest BCUT2D eigenvalue weighted by Crippen LogP contribution is -2.30. The molecule has 0 aliphatic carbocycles. The van der Waals surface area contributed by atoms with Crippen LogP contribution in [0.5, 0.6) is 5.75 Å². The van der Waals surface area contributed by atoms with Crippen molar-refractivity contribution in [2.24, 2.45) is 0 Å². The van der Waals surface area contributed by atoms with Gasteiger partial charge in [0.1, 0.15) is 5.75 Å². The van der Waals surface area contributed by atoms with Crippen LogP contribution in [-0.4, -0.2) is 25.5 Å². The van der Waals surface area contributed by atoms with Gasteiger partial charge in [0.2, 0.25) is 10.0 Å². The number of halogens is 1. The largest absolute Gasteiger partial charge is 0.507 e. The number of phenolic OH excluding ortho intramolecular Hbond substituents is 1. The minimum atomic E-state index is -3.55. The van der Waals surface area contributed by atoms with Gasteiger partial charge in [-0.15, -0.1) is 0 Å². The first-order chi connectivity index (χ1) is 11.7. The molecule has 0 aliphatic heterocycles. The summed E-state index contributed by atoms with van der Waals surface area (Å²) in [5, 5.41) is 12.7. The van der Waals surface area contributed by atoms with Gasteiger partial charge in [-0.3, -0.25) is 4.79 Å². The van der Waals surface area contributed by atoms with Crippen molar-refractivity contribution in [3.8, 4) is 5.75 Å². The van der Waals surface area contributed by atoms with Gasteiger partial charge in [0.25, 0.3) is 5.91 Å². The number of carbonyl (C=O) groups is 1. The van der Waals surface area contributed by atoms with Gasteiger partial charge in [0.15, 0.2) is 0 Å². The number of aromatic hydroxyl groups is 1. The highest BCUT2D eigenvalue weighted by atomic mass is 35.5. The third-order valence-electron chi connectivity index (χ3n) is 3.28. The van der Waals surface area contributed by atoms with Crippen LogP contribution in [0.1, 0.15) is 29.8 Å². The standard InChI is InChI=1S/C17H19ClN2O4S/c1-11(2)20-25(23,24)14-6-3-12(4-7-14)10-19-17(22)15-9-13(18)5-8-16(15)21/h3-9,11,20-21H,10H2,1-2H3,(H,19,22). The second kappa shape index (κ2) is 7.86. The van der Waals surface area contributed by atoms with Gasteiger partial charge >= 0.3 is 0 Å². The zero-order chi connectivity index (χ0) is 18.6. The fourth-order valence-corrected chi connectivity index (χ4v) is 3.56. The topological polar surface area (TPSA) is 95.5 Å². The zero-order valence-corrected chi connectivity index (χ0v) is 15.4. The van der Waals surface area contributed by atoms with Crippen LogP contribution in [0.25, 0.3) is 0 Å². The Balaban J connectivity index is 2.04. The Bertz CT molecular complexity index is 865. The van der Waals surface area contributed by atoms with Gasteiger partial charge in [0, 0.05) is 17.6 Å². The van der Waals surface area contributed by atoms with Gasteiger partial charge < -0.3 is 10.4 Å². The summed E-state index contributed by atoms with van der Waals surface area (Å²) in [5.74, 6) is -0.638. The maximum absolute atomic E-state index is 12.1. The van der Waals surface area contributed by atoms with E-state index in [2.05, 4.69) is 10.0 Å². The molecule has 0 fully saturated rings. The van der Waals surface area contributed by atoms with Crippen LogP contribution in [0, 0.1) is 0 Å². The predicted molar refractivity (Wildman–Crippen MR) is 96.2 cm³/mol. The second-order valence-corrected chi connectivity index (χ2v) is 7.91. The molecule has 134 valence electrons. The van der Waals surface area contributed by atoms with E-state index < -0.39 is 15.9 Å². The molecule has 0 atom stereocenters. The third kappa shape index (κ3) is 5.19. The summed E-state index contributed by atoms with van der Waals surface area (Å²) in [7, 11) is -3.55. The average Bonchev–Trinajstić information content (AvgIpc) is 2.54. The van der Waals surface area contributed by atoms with Crippen LogP contribution in [-0.2, 0) is 16.6 Å². The highest BCUT2D eigenvalue weighted by molar-refractivity contribution is 7.89. The summed E-state index contributed by atoms with van der Waals surface area (Å²) < 4.78 is 26.6. The highest BCUT2D eigenvalue weighted by Gasteiger charge is 2.15. The fourth-order valence-electron chi connectivity index (χ4n) is 2.13. The SMILES string of the molecule is CC(C)NS(=O)(=O)c1ccc(CNC(=O)c2cc(Cl)ccc2O)cc1. The van der Waals surface area contributed by atoms with Crippen LogP contribution < -0.4 is 10.0 Å². The van der Waals surface area contributed by atoms with E-state index in [4.69, 9.17) is 11.6 Å². The van der Waals surface area contributed by atoms with Crippen LogP contribution in [0.15, 0.2) is 47.4 Å². The molecule has 0 heterocycles. The lowest BCUT2D eigenvalue weighted by atomic mass is 10.1. The third-order valence-corrected chi connectivity index (χ3v) is 5.19. The molecule has 0 aromatic heterocycles. The average molecular weight is 383 g/mol. The molecule has 0 radical (unpaired) electrons. The van der Waals surface area contributed by atoms with E-state index in [1.54, 1.807) is 26.0 Å². The van der Waals surface area contributed by atoms with Crippen molar-refractivity contribution in [3.63, 3.8) is 0 Å². The van der Waals surface area contributed by atoms with Crippen molar-refractivity contribution in [2.75, 3.05) is 0 Å². The number of carbonyl (C=O) groups excluding carboxylic acids is 1. The van der Waals surface area contributed by atoms with Crippen molar-refractivity contribution >= 4 is 27.5 Å². The molecule has 25 heavy (non-hydrogen) atoms. The molecule has 3 N–H and O–H groups in total. The van der Waals surface area contributed by atoms with Crippen LogP contribution in [0.4, 0.5) is 0 Å². The molecule has 2 aromatic carbocycles. The Hall–Kier alpha value is -2.09. The molecular weight excluding hydrogens is 364 g/mol. The lowest BCUT2D eigenvalue weighted by Gasteiger charge is -2.11. The molecule has 0 unspecified atom stereocenters. The number of benzene rings is 2. The monoisotopic (exact) mass is 382 g/mol. The van der Waals surface area contributed by atoms with Crippen LogP contribution >= 0.6 is 11.6 Å². The molecule has 0 saturated carbocycles. The van der Waals surface area contributed by atoms with E-state index in [0.717, 1.165) is 5.56 Å². The molecule has 0 spiro atoms. The Labute approximate surface area is 151 Å². The predicted octanol–water partition coefficient (Wildman–Crippen LogP) is 2.66. The van der Waals surface area contributed by atoms with Gasteiger partial charge in [-0.2, -0.15) is 0 Å². The molecule has 8 heteroatoms. The van der Waals surface area contributed by atoms with Crippen molar-refractivity contribution in [1.29, 1.82) is 0 Å². The summed E-state index contributed by atoms with van der Waals surface area (Å²) in [6.45, 7) is 3.67. The smallest absolute Gasteiger partial charge is 0.255 e. The van der Waals surface area contributed by atoms with E-state index in [0.29, 0.717) is 5.02 Å². The Morgan fingerprint density at radius 1 is 1.16 bits per heavy atom. The molecule has 2 rings (SSSR count). The van der Waals surface area contributed by atoms with E-state index in [-0.39, 0.29) is 28.8 Å². The second-order valence-electron chi connectivity index (χ2n) is 5.76. The number of sulfonamides is 1. The van der Waals surface area contributed by atoms with E-state index in [9.17, 15) is 18.3 Å². The fraction of sp³-hybridized carbons (Fsp3) is 0.235. The summed E-state index contributed by atoms with van der Waals surface area (Å²) in [6, 6.07) is 10.2. The van der Waals surface area contributed by atoms with Gasteiger partial charge in [0.05, 0.1) is 10.5 Å². The van der Waals surface area contributed by atoms with Crippen LogP contribution in [0.3, 0.4) is 0 Å². The first-order valence-electron chi connectivity index (χ1n) is 7.57. The number of phenols is 1. The number of rotatable bonds is 6. The molecule has 1 amide bonds. The minimum Gasteiger partial charge on any atom is -0.507 e. The Morgan fingerprint density at radius 2 is 1.80 bits per heavy atom. The van der Waals surface area contributed by atoms with Crippen molar-refractivity contribution < 1.29 is 18.3 Å².